The number of hydrogen-bond acceptors (Lipinski definition) is 9. The van der Waals surface area contributed by atoms with Gasteiger partial charge < -0.3 is 14.6 Å². The van der Waals surface area contributed by atoms with Crippen molar-refractivity contribution in [2.45, 2.75) is 20.0 Å². The molecular weight excluding hydrogens is 390 g/mol. The summed E-state index contributed by atoms with van der Waals surface area (Å²) in [5.74, 6) is 1.10. The molecule has 0 bridgehead atoms. The zero-order valence-electron chi connectivity index (χ0n) is 16.5. The highest BCUT2D eigenvalue weighted by molar-refractivity contribution is 7.19. The molecule has 0 aliphatic carbocycles. The number of fused-ring (bicyclic) bond motifs is 1. The molecule has 0 amide bonds. The number of nitrogens with zero attached hydrogens (tertiary/aromatic N) is 5. The first-order valence-corrected chi connectivity index (χ1v) is 10.2. The van der Waals surface area contributed by atoms with Crippen LogP contribution in [0, 0.1) is 6.92 Å². The van der Waals surface area contributed by atoms with E-state index in [1.807, 2.05) is 6.07 Å². The van der Waals surface area contributed by atoms with Gasteiger partial charge in [-0.05, 0) is 30.2 Å². The fraction of sp³-hybridized carbons (Fsp3) is 0.400. The van der Waals surface area contributed by atoms with E-state index in [1.165, 1.54) is 23.9 Å². The first-order valence-electron chi connectivity index (χ1n) is 9.42. The molecule has 9 heteroatoms. The highest BCUT2D eigenvalue weighted by Gasteiger charge is 2.17. The molecule has 0 saturated carbocycles. The van der Waals surface area contributed by atoms with Crippen LogP contribution in [0.2, 0.25) is 0 Å². The maximum Gasteiger partial charge on any atom is 0.195 e. The van der Waals surface area contributed by atoms with Crippen LogP contribution >= 0.6 is 11.3 Å². The number of benzene rings is 1. The van der Waals surface area contributed by atoms with Gasteiger partial charge in [-0.2, -0.15) is 5.11 Å². The Bertz CT molecular complexity index is 1030. The van der Waals surface area contributed by atoms with E-state index in [-0.39, 0.29) is 5.75 Å². The van der Waals surface area contributed by atoms with Crippen LogP contribution in [0.5, 0.6) is 11.5 Å². The number of methoxy groups -OCH3 is 1. The Morgan fingerprint density at radius 2 is 2.10 bits per heavy atom. The second-order valence-corrected chi connectivity index (χ2v) is 7.92. The molecule has 8 nitrogen and oxygen atoms in total. The van der Waals surface area contributed by atoms with Crippen molar-refractivity contribution in [2.24, 2.45) is 10.2 Å². The van der Waals surface area contributed by atoms with Gasteiger partial charge in [0.2, 0.25) is 0 Å². The summed E-state index contributed by atoms with van der Waals surface area (Å²) in [7, 11) is 1.52. The summed E-state index contributed by atoms with van der Waals surface area (Å²) in [6.45, 7) is 6.78. The molecule has 1 aliphatic heterocycles. The zero-order valence-corrected chi connectivity index (χ0v) is 17.3. The molecule has 1 saturated heterocycles. The summed E-state index contributed by atoms with van der Waals surface area (Å²) in [6, 6.07) is 5.19. The van der Waals surface area contributed by atoms with E-state index in [0.717, 1.165) is 48.6 Å². The number of phenols is 1. The molecule has 4 rings (SSSR count). The molecule has 0 spiro atoms. The third kappa shape index (κ3) is 4.36. The maximum atomic E-state index is 9.89. The summed E-state index contributed by atoms with van der Waals surface area (Å²) in [5.41, 5.74) is 2.95. The Hall–Kier alpha value is -2.62. The minimum atomic E-state index is 0.0891. The number of hydrogen-bond donors (Lipinski definition) is 1. The van der Waals surface area contributed by atoms with Crippen molar-refractivity contribution in [3.05, 3.63) is 40.5 Å². The Labute approximate surface area is 172 Å². The average molecular weight is 414 g/mol. The van der Waals surface area contributed by atoms with Crippen LogP contribution in [0.3, 0.4) is 0 Å². The highest BCUT2D eigenvalue weighted by atomic mass is 32.1. The zero-order chi connectivity index (χ0) is 20.2. The Kier molecular flexibility index (Phi) is 5.98. The van der Waals surface area contributed by atoms with E-state index in [2.05, 4.69) is 32.0 Å². The smallest absolute Gasteiger partial charge is 0.195 e. The van der Waals surface area contributed by atoms with Crippen molar-refractivity contribution < 1.29 is 14.6 Å². The van der Waals surface area contributed by atoms with Gasteiger partial charge in [-0.3, -0.25) is 4.90 Å². The van der Waals surface area contributed by atoms with Crippen LogP contribution in [0.15, 0.2) is 34.8 Å². The standard InChI is InChI=1S/C20H23N5O3S/c1-13-17(11-25-5-7-28-8-6-25)29-19-18(13)21-12-22-20(19)24-23-10-14-3-4-16(27-2)15(26)9-14/h3-4,9,12,26H,5-8,10-11H2,1-2H3. The van der Waals surface area contributed by atoms with E-state index in [1.54, 1.807) is 23.5 Å². The van der Waals surface area contributed by atoms with Crippen molar-refractivity contribution in [1.82, 2.24) is 14.9 Å². The van der Waals surface area contributed by atoms with E-state index in [0.29, 0.717) is 18.1 Å². The first-order chi connectivity index (χ1) is 14.2. The number of ether oxygens (including phenoxy) is 2. The summed E-state index contributed by atoms with van der Waals surface area (Å²) in [4.78, 5) is 12.5. The summed E-state index contributed by atoms with van der Waals surface area (Å²) in [5, 5.41) is 18.5. The fourth-order valence-corrected chi connectivity index (χ4v) is 4.49. The third-order valence-electron chi connectivity index (χ3n) is 4.92. The Balaban J connectivity index is 1.53. The molecule has 152 valence electrons. The van der Waals surface area contributed by atoms with Gasteiger partial charge in [0, 0.05) is 24.5 Å². The van der Waals surface area contributed by atoms with Crippen LogP contribution < -0.4 is 4.74 Å². The quantitative estimate of drug-likeness (QED) is 0.618. The summed E-state index contributed by atoms with van der Waals surface area (Å²) < 4.78 is 11.4. The SMILES string of the molecule is COc1ccc(CN=Nc2ncnc3c(C)c(CN4CCOCC4)sc23)cc1O. The minimum absolute atomic E-state index is 0.0891. The van der Waals surface area contributed by atoms with Crippen molar-refractivity contribution in [3.8, 4) is 11.5 Å². The highest BCUT2D eigenvalue weighted by Crippen LogP contribution is 2.35. The van der Waals surface area contributed by atoms with Crippen molar-refractivity contribution in [3.63, 3.8) is 0 Å². The number of aryl methyl sites for hydroxylation is 1. The van der Waals surface area contributed by atoms with E-state index in [4.69, 9.17) is 9.47 Å². The van der Waals surface area contributed by atoms with Gasteiger partial charge in [0.15, 0.2) is 17.3 Å². The van der Waals surface area contributed by atoms with Gasteiger partial charge in [-0.25, -0.2) is 9.97 Å². The number of azo groups is 1. The van der Waals surface area contributed by atoms with Gasteiger partial charge in [0.1, 0.15) is 6.33 Å². The lowest BCUT2D eigenvalue weighted by atomic mass is 10.2. The molecule has 0 atom stereocenters. The van der Waals surface area contributed by atoms with Crippen molar-refractivity contribution >= 4 is 27.4 Å². The normalized spacial score (nSPS) is 15.4. The number of morpholine rings is 1. The topological polar surface area (TPSA) is 92.4 Å². The molecular formula is C20H23N5O3S. The van der Waals surface area contributed by atoms with Crippen LogP contribution in [0.1, 0.15) is 16.0 Å². The molecule has 1 N–H and O–H groups in total. The predicted molar refractivity (Wildman–Crippen MR) is 111 cm³/mol. The third-order valence-corrected chi connectivity index (χ3v) is 6.18. The van der Waals surface area contributed by atoms with Crippen LogP contribution in [0.4, 0.5) is 5.82 Å². The van der Waals surface area contributed by atoms with E-state index < -0.39 is 0 Å². The van der Waals surface area contributed by atoms with Gasteiger partial charge in [0.05, 0.1) is 37.1 Å². The van der Waals surface area contributed by atoms with Crippen LogP contribution in [-0.4, -0.2) is 53.4 Å². The molecule has 0 radical (unpaired) electrons. The molecule has 29 heavy (non-hydrogen) atoms. The predicted octanol–water partition coefficient (Wildman–Crippen LogP) is 3.83. The van der Waals surface area contributed by atoms with E-state index in [9.17, 15) is 5.11 Å². The van der Waals surface area contributed by atoms with E-state index >= 15 is 0 Å². The maximum absolute atomic E-state index is 9.89. The molecule has 1 fully saturated rings. The average Bonchev–Trinajstić information content (AvgIpc) is 3.05. The molecule has 3 heterocycles. The lowest BCUT2D eigenvalue weighted by Gasteiger charge is -2.26. The number of aromatic nitrogens is 2. The van der Waals surface area contributed by atoms with Crippen molar-refractivity contribution in [1.29, 1.82) is 0 Å². The molecule has 2 aromatic heterocycles. The van der Waals surface area contributed by atoms with Gasteiger partial charge in [0.25, 0.3) is 0 Å². The monoisotopic (exact) mass is 413 g/mol. The largest absolute Gasteiger partial charge is 0.504 e. The number of thiophene rings is 1. The fourth-order valence-electron chi connectivity index (χ4n) is 3.26. The first kappa shape index (κ1) is 19.7. The van der Waals surface area contributed by atoms with Gasteiger partial charge in [-0.15, -0.1) is 16.5 Å². The molecule has 1 aromatic carbocycles. The van der Waals surface area contributed by atoms with Gasteiger partial charge in [-0.1, -0.05) is 6.07 Å². The Morgan fingerprint density at radius 1 is 1.28 bits per heavy atom. The molecule has 1 aliphatic rings. The minimum Gasteiger partial charge on any atom is -0.504 e. The lowest BCUT2D eigenvalue weighted by Crippen LogP contribution is -2.35. The lowest BCUT2D eigenvalue weighted by molar-refractivity contribution is 0.0346. The van der Waals surface area contributed by atoms with Crippen LogP contribution in [0.25, 0.3) is 10.2 Å². The number of rotatable bonds is 6. The summed E-state index contributed by atoms with van der Waals surface area (Å²) in [6.07, 6.45) is 1.54. The number of aromatic hydroxyl groups is 1. The van der Waals surface area contributed by atoms with Crippen molar-refractivity contribution in [2.75, 3.05) is 33.4 Å². The summed E-state index contributed by atoms with van der Waals surface area (Å²) >= 11 is 1.68. The Morgan fingerprint density at radius 3 is 2.86 bits per heavy atom. The number of phenolic OH excluding ortho intramolecular Hbond substituents is 1. The van der Waals surface area contributed by atoms with Gasteiger partial charge >= 0.3 is 0 Å². The second-order valence-electron chi connectivity index (χ2n) is 6.82. The molecule has 0 unspecified atom stereocenters. The molecule has 3 aromatic rings. The second kappa shape index (κ2) is 8.81. The van der Waals surface area contributed by atoms with Crippen LogP contribution in [-0.2, 0) is 17.8 Å².